The number of carbonyl (C=O) groups is 1. The lowest BCUT2D eigenvalue weighted by Gasteiger charge is -2.22. The number of hydrogen-bond acceptors (Lipinski definition) is 5. The Bertz CT molecular complexity index is 797. The molecule has 25 heavy (non-hydrogen) atoms. The molecule has 1 atom stereocenters. The molecule has 0 bridgehead atoms. The highest BCUT2D eigenvalue weighted by molar-refractivity contribution is 6.31. The molecule has 1 aromatic carbocycles. The molecule has 1 aromatic heterocycles. The van der Waals surface area contributed by atoms with Gasteiger partial charge in [-0.1, -0.05) is 29.8 Å². The van der Waals surface area contributed by atoms with E-state index in [-0.39, 0.29) is 12.4 Å². The highest BCUT2D eigenvalue weighted by Gasteiger charge is 2.28. The highest BCUT2D eigenvalue weighted by Crippen LogP contribution is 2.35. The first kappa shape index (κ1) is 17.5. The Hall–Kier alpha value is -2.34. The number of aromatic nitrogens is 2. The Labute approximate surface area is 151 Å². The van der Waals surface area contributed by atoms with Crippen molar-refractivity contribution in [1.82, 2.24) is 9.97 Å². The zero-order valence-electron chi connectivity index (χ0n) is 14.1. The fraction of sp³-hybridized carbons (Fsp3) is 0.389. The van der Waals surface area contributed by atoms with Crippen LogP contribution in [0.3, 0.4) is 0 Å². The predicted octanol–water partition coefficient (Wildman–Crippen LogP) is 3.03. The average molecular weight is 361 g/mol. The van der Waals surface area contributed by atoms with Crippen LogP contribution in [0.2, 0.25) is 5.02 Å². The first-order valence-electron chi connectivity index (χ1n) is 8.30. The number of hydrogen-bond donors (Lipinski definition) is 2. The van der Waals surface area contributed by atoms with E-state index in [0.717, 1.165) is 47.2 Å². The topological polar surface area (TPSA) is 92.3 Å². The third kappa shape index (κ3) is 3.85. The molecule has 2 aromatic rings. The van der Waals surface area contributed by atoms with Crippen LogP contribution in [-0.2, 0) is 11.2 Å². The molecule has 0 amide bonds. The Balaban J connectivity index is 1.87. The summed E-state index contributed by atoms with van der Waals surface area (Å²) in [5, 5.41) is 9.78. The van der Waals surface area contributed by atoms with Crippen LogP contribution in [0.1, 0.15) is 35.6 Å². The van der Waals surface area contributed by atoms with E-state index >= 15 is 0 Å². The summed E-state index contributed by atoms with van der Waals surface area (Å²) < 4.78 is 0. The molecule has 0 aliphatic carbocycles. The third-order valence-corrected chi connectivity index (χ3v) is 4.98. The van der Waals surface area contributed by atoms with Gasteiger partial charge in [0.2, 0.25) is 5.95 Å². The molecule has 0 saturated carbocycles. The molecule has 3 N–H and O–H groups in total. The number of benzene rings is 1. The normalized spacial score (nSPS) is 17.0. The molecule has 1 aliphatic rings. The molecule has 0 radical (unpaired) electrons. The van der Waals surface area contributed by atoms with Gasteiger partial charge in [0.25, 0.3) is 0 Å². The lowest BCUT2D eigenvalue weighted by atomic mass is 9.98. The number of nitrogen functional groups attached to an aromatic ring is 1. The van der Waals surface area contributed by atoms with Crippen molar-refractivity contribution < 1.29 is 9.90 Å². The molecule has 132 valence electrons. The third-order valence-electron chi connectivity index (χ3n) is 4.63. The van der Waals surface area contributed by atoms with Gasteiger partial charge >= 0.3 is 5.97 Å². The van der Waals surface area contributed by atoms with Crippen LogP contribution in [0.4, 0.5) is 11.8 Å². The molecule has 1 aliphatic heterocycles. The lowest BCUT2D eigenvalue weighted by molar-refractivity contribution is -0.136. The van der Waals surface area contributed by atoms with Crippen molar-refractivity contribution in [2.24, 2.45) is 0 Å². The van der Waals surface area contributed by atoms with E-state index in [1.165, 1.54) is 0 Å². The summed E-state index contributed by atoms with van der Waals surface area (Å²) in [6.45, 7) is 3.45. The minimum Gasteiger partial charge on any atom is -0.481 e. The van der Waals surface area contributed by atoms with Crippen LogP contribution >= 0.6 is 11.6 Å². The smallest absolute Gasteiger partial charge is 0.303 e. The molecule has 1 fully saturated rings. The van der Waals surface area contributed by atoms with Crippen LogP contribution in [0, 0.1) is 6.92 Å². The summed E-state index contributed by atoms with van der Waals surface area (Å²) in [6, 6.07) is 7.89. The number of carboxylic acids is 1. The van der Waals surface area contributed by atoms with Crippen molar-refractivity contribution in [3.05, 3.63) is 46.1 Å². The predicted molar refractivity (Wildman–Crippen MR) is 98.2 cm³/mol. The van der Waals surface area contributed by atoms with Crippen molar-refractivity contribution in [2.45, 2.75) is 32.1 Å². The van der Waals surface area contributed by atoms with Crippen LogP contribution in [0.5, 0.6) is 0 Å². The summed E-state index contributed by atoms with van der Waals surface area (Å²) in [6.07, 6.45) is 1.40. The SMILES string of the molecule is Cc1nc(N)nc(N2CC[C@H](c3ccccc3Cl)C2)c1CCC(=O)O. The second-order valence-electron chi connectivity index (χ2n) is 6.32. The number of anilines is 2. The quantitative estimate of drug-likeness (QED) is 0.851. The molecule has 7 heteroatoms. The molecule has 0 unspecified atom stereocenters. The molecule has 0 spiro atoms. The van der Waals surface area contributed by atoms with Crippen molar-refractivity contribution in [1.29, 1.82) is 0 Å². The van der Waals surface area contributed by atoms with E-state index in [1.807, 2.05) is 25.1 Å². The lowest BCUT2D eigenvalue weighted by Crippen LogP contribution is -2.24. The van der Waals surface area contributed by atoms with E-state index in [9.17, 15) is 4.79 Å². The van der Waals surface area contributed by atoms with Crippen LogP contribution in [0.25, 0.3) is 0 Å². The molecule has 2 heterocycles. The largest absolute Gasteiger partial charge is 0.481 e. The first-order valence-corrected chi connectivity index (χ1v) is 8.67. The van der Waals surface area contributed by atoms with E-state index < -0.39 is 5.97 Å². The van der Waals surface area contributed by atoms with E-state index in [1.54, 1.807) is 0 Å². The van der Waals surface area contributed by atoms with Crippen LogP contribution in [-0.4, -0.2) is 34.1 Å². The molecular weight excluding hydrogens is 340 g/mol. The number of aliphatic carboxylic acids is 1. The van der Waals surface area contributed by atoms with Gasteiger partial charge in [0, 0.05) is 41.7 Å². The Morgan fingerprint density at radius 3 is 2.88 bits per heavy atom. The summed E-state index contributed by atoms with van der Waals surface area (Å²) in [7, 11) is 0. The number of carboxylic acid groups (broad SMARTS) is 1. The molecule has 1 saturated heterocycles. The van der Waals surface area contributed by atoms with Gasteiger partial charge in [0.15, 0.2) is 0 Å². The molecular formula is C18H21ClN4O2. The van der Waals surface area contributed by atoms with Crippen molar-refractivity contribution in [2.75, 3.05) is 23.7 Å². The van der Waals surface area contributed by atoms with Gasteiger partial charge in [-0.2, -0.15) is 4.98 Å². The number of nitrogens with zero attached hydrogens (tertiary/aromatic N) is 3. The maximum Gasteiger partial charge on any atom is 0.303 e. The molecule has 3 rings (SSSR count). The van der Waals surface area contributed by atoms with Gasteiger partial charge in [-0.25, -0.2) is 4.98 Å². The van der Waals surface area contributed by atoms with Crippen LogP contribution < -0.4 is 10.6 Å². The van der Waals surface area contributed by atoms with E-state index in [2.05, 4.69) is 20.9 Å². The van der Waals surface area contributed by atoms with E-state index in [4.69, 9.17) is 22.4 Å². The minimum absolute atomic E-state index is 0.0445. The number of aryl methyl sites for hydroxylation is 1. The number of halogens is 1. The second-order valence-corrected chi connectivity index (χ2v) is 6.72. The van der Waals surface area contributed by atoms with Gasteiger partial charge in [0.1, 0.15) is 5.82 Å². The second kappa shape index (κ2) is 7.27. The first-order chi connectivity index (χ1) is 12.0. The highest BCUT2D eigenvalue weighted by atomic mass is 35.5. The van der Waals surface area contributed by atoms with Gasteiger partial charge in [0.05, 0.1) is 0 Å². The van der Waals surface area contributed by atoms with Crippen molar-refractivity contribution >= 4 is 29.3 Å². The molecule has 6 nitrogen and oxygen atoms in total. The maximum atomic E-state index is 11.0. The van der Waals surface area contributed by atoms with Crippen molar-refractivity contribution in [3.63, 3.8) is 0 Å². The monoisotopic (exact) mass is 360 g/mol. The van der Waals surface area contributed by atoms with Crippen molar-refractivity contribution in [3.8, 4) is 0 Å². The fourth-order valence-electron chi connectivity index (χ4n) is 3.40. The van der Waals surface area contributed by atoms with Gasteiger partial charge in [-0.3, -0.25) is 4.79 Å². The average Bonchev–Trinajstić information content (AvgIpc) is 3.03. The summed E-state index contributed by atoms with van der Waals surface area (Å²) in [5.74, 6) is 0.448. The number of rotatable bonds is 5. The Morgan fingerprint density at radius 1 is 1.40 bits per heavy atom. The fourth-order valence-corrected chi connectivity index (χ4v) is 3.69. The van der Waals surface area contributed by atoms with Gasteiger partial charge < -0.3 is 15.7 Å². The Kier molecular flexibility index (Phi) is 5.08. The van der Waals surface area contributed by atoms with Gasteiger partial charge in [-0.05, 0) is 31.4 Å². The Morgan fingerprint density at radius 2 is 2.16 bits per heavy atom. The number of nitrogens with two attached hydrogens (primary N) is 1. The minimum atomic E-state index is -0.836. The summed E-state index contributed by atoms with van der Waals surface area (Å²) in [4.78, 5) is 21.7. The zero-order valence-corrected chi connectivity index (χ0v) is 14.8. The summed E-state index contributed by atoms with van der Waals surface area (Å²) >= 11 is 6.33. The van der Waals surface area contributed by atoms with E-state index in [0.29, 0.717) is 12.3 Å². The standard InChI is InChI=1S/C18H21ClN4O2/c1-11-13(6-7-16(24)25)17(22-18(20)21-11)23-9-8-12(10-23)14-4-2-3-5-15(14)19/h2-5,12H,6-10H2,1H3,(H,24,25)(H2,20,21,22)/t12-/m0/s1. The summed E-state index contributed by atoms with van der Waals surface area (Å²) in [5.41, 5.74) is 8.57. The zero-order chi connectivity index (χ0) is 18.0. The van der Waals surface area contributed by atoms with Crippen LogP contribution in [0.15, 0.2) is 24.3 Å². The maximum absolute atomic E-state index is 11.0. The van der Waals surface area contributed by atoms with Gasteiger partial charge in [-0.15, -0.1) is 0 Å².